The van der Waals surface area contributed by atoms with Crippen molar-refractivity contribution in [1.82, 2.24) is 0 Å². The number of aromatic nitrogens is 1. The van der Waals surface area contributed by atoms with Crippen molar-refractivity contribution < 1.29 is 9.40 Å². The van der Waals surface area contributed by atoms with Crippen LogP contribution in [0.1, 0.15) is 11.3 Å². The summed E-state index contributed by atoms with van der Waals surface area (Å²) >= 11 is 0. The molecule has 24 heavy (non-hydrogen) atoms. The minimum absolute atomic E-state index is 0.357. The summed E-state index contributed by atoms with van der Waals surface area (Å²) in [5, 5.41) is 2.15. The first-order valence-electron chi connectivity index (χ1n) is 7.92. The predicted octanol–water partition coefficient (Wildman–Crippen LogP) is 3.13. The molecule has 4 nitrogen and oxygen atoms in total. The summed E-state index contributed by atoms with van der Waals surface area (Å²) in [4.78, 5) is 15.4. The van der Waals surface area contributed by atoms with Crippen molar-refractivity contribution >= 4 is 27.6 Å². The summed E-state index contributed by atoms with van der Waals surface area (Å²) in [7, 11) is 0. The highest BCUT2D eigenvalue weighted by molar-refractivity contribution is 6.06. The maximum Gasteiger partial charge on any atom is 0.352 e. The molecule has 0 fully saturated rings. The molecule has 2 aromatic carbocycles. The van der Waals surface area contributed by atoms with Crippen molar-refractivity contribution in [3.05, 3.63) is 82.3 Å². The van der Waals surface area contributed by atoms with Gasteiger partial charge in [0.1, 0.15) is 11.3 Å². The van der Waals surface area contributed by atoms with Crippen molar-refractivity contribution in [2.75, 3.05) is 5.73 Å². The number of anilines is 1. The molecule has 0 aliphatic rings. The van der Waals surface area contributed by atoms with E-state index in [-0.39, 0.29) is 0 Å². The van der Waals surface area contributed by atoms with E-state index in [1.54, 1.807) is 6.07 Å². The monoisotopic (exact) mass is 317 g/mol. The zero-order valence-corrected chi connectivity index (χ0v) is 13.1. The molecule has 0 saturated carbocycles. The smallest absolute Gasteiger partial charge is 0.352 e. The zero-order valence-electron chi connectivity index (χ0n) is 13.1. The highest BCUT2D eigenvalue weighted by atomic mass is 16.4. The lowest BCUT2D eigenvalue weighted by molar-refractivity contribution is -0.371. The number of H-pyrrole nitrogens is 1. The molecule has 4 heteroatoms. The summed E-state index contributed by atoms with van der Waals surface area (Å²) in [5.74, 6) is 0.357. The molecule has 4 aromatic rings. The fourth-order valence-corrected chi connectivity index (χ4v) is 3.08. The van der Waals surface area contributed by atoms with E-state index in [9.17, 15) is 4.79 Å². The van der Waals surface area contributed by atoms with Gasteiger partial charge in [0.25, 0.3) is 5.82 Å². The number of hydrogen-bond donors (Lipinski definition) is 1. The molecule has 0 bridgehead atoms. The van der Waals surface area contributed by atoms with Gasteiger partial charge in [-0.05, 0) is 24.1 Å². The minimum Gasteiger partial charge on any atom is -0.422 e. The van der Waals surface area contributed by atoms with Gasteiger partial charge < -0.3 is 4.42 Å². The first-order valence-corrected chi connectivity index (χ1v) is 7.92. The third-order valence-corrected chi connectivity index (χ3v) is 4.26. The fraction of sp³-hybridized carbons (Fsp3) is 0.100. The van der Waals surface area contributed by atoms with Crippen LogP contribution >= 0.6 is 0 Å². The lowest BCUT2D eigenvalue weighted by Crippen LogP contribution is -2.20. The summed E-state index contributed by atoms with van der Waals surface area (Å²) in [6.45, 7) is 0. The highest BCUT2D eigenvalue weighted by Crippen LogP contribution is 2.24. The van der Waals surface area contributed by atoms with Crippen molar-refractivity contribution in [3.63, 3.8) is 0 Å². The zero-order chi connectivity index (χ0) is 16.5. The number of hydrogen-bond acceptors (Lipinski definition) is 3. The summed E-state index contributed by atoms with van der Waals surface area (Å²) < 4.78 is 5.37. The van der Waals surface area contributed by atoms with Crippen molar-refractivity contribution in [3.8, 4) is 0 Å². The maximum absolute atomic E-state index is 12.2. The number of aromatic amines is 1. The van der Waals surface area contributed by atoms with Gasteiger partial charge in [-0.3, -0.25) is 5.73 Å². The van der Waals surface area contributed by atoms with Gasteiger partial charge in [-0.25, -0.2) is 9.78 Å². The van der Waals surface area contributed by atoms with Crippen LogP contribution in [-0.4, -0.2) is 0 Å². The van der Waals surface area contributed by atoms with E-state index in [1.807, 2.05) is 42.5 Å². The summed E-state index contributed by atoms with van der Waals surface area (Å²) in [5.41, 5.74) is 8.54. The normalized spacial score (nSPS) is 11.2. The van der Waals surface area contributed by atoms with Crippen LogP contribution in [0.4, 0.5) is 5.82 Å². The topological polar surface area (TPSA) is 70.4 Å². The van der Waals surface area contributed by atoms with Crippen LogP contribution in [-0.2, 0) is 12.8 Å². The molecule has 0 spiro atoms. The fourth-order valence-electron chi connectivity index (χ4n) is 3.08. The van der Waals surface area contributed by atoms with Gasteiger partial charge in [-0.1, -0.05) is 48.5 Å². The van der Waals surface area contributed by atoms with Crippen molar-refractivity contribution in [2.24, 2.45) is 0 Å². The molecular formula is C20H17N2O2+. The Morgan fingerprint density at radius 3 is 2.50 bits per heavy atom. The predicted molar refractivity (Wildman–Crippen MR) is 94.8 cm³/mol. The van der Waals surface area contributed by atoms with Crippen LogP contribution < -0.4 is 16.3 Å². The van der Waals surface area contributed by atoms with Gasteiger partial charge in [0.05, 0.1) is 0 Å². The quantitative estimate of drug-likeness (QED) is 0.466. The van der Waals surface area contributed by atoms with Crippen molar-refractivity contribution in [1.29, 1.82) is 0 Å². The van der Waals surface area contributed by atoms with E-state index < -0.39 is 5.63 Å². The standard InChI is InChI=1S/C20H16N2O2/c21-19-18-16(15-8-4-5-9-17(15)24-20(18)23)12-14(22-19)11-10-13-6-2-1-3-7-13/h1-9,12H,10-11H2,(H2,21,22)/p+1. The van der Waals surface area contributed by atoms with Crippen LogP contribution in [0.3, 0.4) is 0 Å². The molecule has 2 aromatic heterocycles. The summed E-state index contributed by atoms with van der Waals surface area (Å²) in [6, 6.07) is 19.8. The molecule has 118 valence electrons. The van der Waals surface area contributed by atoms with Gasteiger partial charge in [0, 0.05) is 17.2 Å². The molecule has 0 saturated heterocycles. The van der Waals surface area contributed by atoms with Gasteiger partial charge in [-0.15, -0.1) is 0 Å². The molecule has 0 radical (unpaired) electrons. The third kappa shape index (κ3) is 2.52. The number of para-hydroxylation sites is 1. The number of fused-ring (bicyclic) bond motifs is 3. The second-order valence-corrected chi connectivity index (χ2v) is 5.87. The number of benzene rings is 2. The minimum atomic E-state index is -0.410. The number of nitrogens with two attached hydrogens (primary N) is 1. The van der Waals surface area contributed by atoms with Gasteiger partial charge in [0.2, 0.25) is 0 Å². The van der Waals surface area contributed by atoms with E-state index in [2.05, 4.69) is 17.1 Å². The second-order valence-electron chi connectivity index (χ2n) is 5.87. The number of nitrogens with one attached hydrogen (secondary N) is 1. The van der Waals surface area contributed by atoms with Crippen LogP contribution in [0.2, 0.25) is 0 Å². The second kappa shape index (κ2) is 5.81. The molecule has 0 aliphatic carbocycles. The first kappa shape index (κ1) is 14.5. The molecule has 2 heterocycles. The molecule has 0 unspecified atom stereocenters. The first-order chi connectivity index (χ1) is 11.7. The molecule has 0 aliphatic heterocycles. The van der Waals surface area contributed by atoms with E-state index in [4.69, 9.17) is 10.2 Å². The van der Waals surface area contributed by atoms with Crippen LogP contribution in [0.5, 0.6) is 0 Å². The maximum atomic E-state index is 12.2. The Balaban J connectivity index is 1.83. The van der Waals surface area contributed by atoms with E-state index in [0.29, 0.717) is 16.8 Å². The van der Waals surface area contributed by atoms with Gasteiger partial charge >= 0.3 is 5.63 Å². The third-order valence-electron chi connectivity index (χ3n) is 4.26. The Bertz CT molecular complexity index is 1090. The average Bonchev–Trinajstić information content (AvgIpc) is 2.60. The van der Waals surface area contributed by atoms with E-state index in [0.717, 1.165) is 29.3 Å². The van der Waals surface area contributed by atoms with E-state index >= 15 is 0 Å². The largest absolute Gasteiger partial charge is 0.422 e. The van der Waals surface area contributed by atoms with Gasteiger partial charge in [0.15, 0.2) is 5.39 Å². The summed E-state index contributed by atoms with van der Waals surface area (Å²) in [6.07, 6.45) is 1.72. The molecular weight excluding hydrogens is 300 g/mol. The average molecular weight is 317 g/mol. The highest BCUT2D eigenvalue weighted by Gasteiger charge is 2.16. The van der Waals surface area contributed by atoms with Crippen molar-refractivity contribution in [2.45, 2.75) is 12.8 Å². The molecule has 0 atom stereocenters. The lowest BCUT2D eigenvalue weighted by Gasteiger charge is -2.05. The van der Waals surface area contributed by atoms with Crippen LogP contribution in [0, 0.1) is 0 Å². The number of nitrogen functional groups attached to an aromatic ring is 1. The Morgan fingerprint density at radius 2 is 1.67 bits per heavy atom. The van der Waals surface area contributed by atoms with Crippen LogP contribution in [0.15, 0.2) is 69.9 Å². The number of pyridine rings is 1. The van der Waals surface area contributed by atoms with Crippen LogP contribution in [0.25, 0.3) is 21.7 Å². The Kier molecular flexibility index (Phi) is 3.50. The SMILES string of the molecule is Nc1[nH+]c(CCc2ccccc2)cc2c1c(=O)oc1ccccc12. The number of aryl methyl sites for hydroxylation is 2. The number of rotatable bonds is 3. The Hall–Kier alpha value is -3.14. The van der Waals surface area contributed by atoms with E-state index in [1.165, 1.54) is 5.56 Å². The molecule has 4 rings (SSSR count). The molecule has 3 N–H and O–H groups in total. The Morgan fingerprint density at radius 1 is 0.917 bits per heavy atom. The lowest BCUT2D eigenvalue weighted by atomic mass is 10.0. The van der Waals surface area contributed by atoms with Gasteiger partial charge in [-0.2, -0.15) is 0 Å². The Labute approximate surface area is 138 Å². The molecule has 0 amide bonds.